The van der Waals surface area contributed by atoms with E-state index in [9.17, 15) is 4.79 Å². The molecule has 1 heterocycles. The van der Waals surface area contributed by atoms with Crippen LogP contribution < -0.4 is 11.1 Å². The molecule has 0 saturated heterocycles. The molecule has 0 aliphatic heterocycles. The predicted octanol–water partition coefficient (Wildman–Crippen LogP) is 2.96. The van der Waals surface area contributed by atoms with Gasteiger partial charge in [0.05, 0.1) is 10.6 Å². The number of anilines is 1. The Morgan fingerprint density at radius 2 is 2.21 bits per heavy atom. The number of alkyl carbamates (subject to hydrolysis) is 1. The van der Waals surface area contributed by atoms with Crippen LogP contribution in [0.4, 0.5) is 9.93 Å². The number of carbonyl (C=O) groups is 1. The molecule has 0 saturated carbocycles. The summed E-state index contributed by atoms with van der Waals surface area (Å²) in [6.07, 6.45) is 4.30. The molecule has 19 heavy (non-hydrogen) atoms. The van der Waals surface area contributed by atoms with E-state index in [1.807, 2.05) is 39.8 Å². The van der Waals surface area contributed by atoms with Crippen LogP contribution in [0.15, 0.2) is 6.08 Å². The van der Waals surface area contributed by atoms with Crippen molar-refractivity contribution in [3.8, 4) is 0 Å². The number of aromatic nitrogens is 1. The second-order valence-electron chi connectivity index (χ2n) is 5.12. The number of aryl methyl sites for hydroxylation is 1. The number of rotatable bonds is 4. The van der Waals surface area contributed by atoms with Crippen molar-refractivity contribution in [3.63, 3.8) is 0 Å². The predicted molar refractivity (Wildman–Crippen MR) is 79.2 cm³/mol. The Bertz CT molecular complexity index is 461. The fourth-order valence-electron chi connectivity index (χ4n) is 1.35. The minimum absolute atomic E-state index is 0.390. The van der Waals surface area contributed by atoms with Crippen molar-refractivity contribution in [2.75, 3.05) is 12.3 Å². The van der Waals surface area contributed by atoms with Gasteiger partial charge in [-0.1, -0.05) is 17.4 Å². The zero-order valence-electron chi connectivity index (χ0n) is 11.8. The van der Waals surface area contributed by atoms with Gasteiger partial charge in [-0.3, -0.25) is 0 Å². The fourth-order valence-corrected chi connectivity index (χ4v) is 2.11. The molecule has 0 radical (unpaired) electrons. The van der Waals surface area contributed by atoms with Gasteiger partial charge < -0.3 is 15.8 Å². The Hall–Kier alpha value is -1.56. The lowest BCUT2D eigenvalue weighted by Crippen LogP contribution is -2.32. The number of carbonyl (C=O) groups excluding carboxylic acids is 1. The van der Waals surface area contributed by atoms with Crippen LogP contribution in [-0.4, -0.2) is 23.2 Å². The molecule has 0 unspecified atom stereocenters. The molecule has 0 aliphatic rings. The highest BCUT2D eigenvalue weighted by molar-refractivity contribution is 7.16. The maximum Gasteiger partial charge on any atom is 0.407 e. The number of nitrogens with two attached hydrogens (primary N) is 1. The molecular weight excluding hydrogens is 262 g/mol. The first-order valence-corrected chi connectivity index (χ1v) is 6.96. The first-order valence-electron chi connectivity index (χ1n) is 6.14. The molecular formula is C13H21N3O2S. The van der Waals surface area contributed by atoms with Crippen LogP contribution in [0.2, 0.25) is 0 Å². The molecule has 6 heteroatoms. The third kappa shape index (κ3) is 6.24. The van der Waals surface area contributed by atoms with Gasteiger partial charge in [0.15, 0.2) is 5.13 Å². The van der Waals surface area contributed by atoms with E-state index in [1.54, 1.807) is 0 Å². The Labute approximate surface area is 117 Å². The Morgan fingerprint density at radius 3 is 2.74 bits per heavy atom. The molecule has 0 bridgehead atoms. The highest BCUT2D eigenvalue weighted by Crippen LogP contribution is 2.20. The Morgan fingerprint density at radius 1 is 1.53 bits per heavy atom. The van der Waals surface area contributed by atoms with Gasteiger partial charge in [0.25, 0.3) is 0 Å². The second kappa shape index (κ2) is 6.56. The van der Waals surface area contributed by atoms with E-state index in [0.717, 1.165) is 17.0 Å². The number of hydrogen-bond acceptors (Lipinski definition) is 5. The van der Waals surface area contributed by atoms with Gasteiger partial charge in [0.2, 0.25) is 0 Å². The smallest absolute Gasteiger partial charge is 0.407 e. The lowest BCUT2D eigenvalue weighted by molar-refractivity contribution is 0.0529. The molecule has 0 atom stereocenters. The highest BCUT2D eigenvalue weighted by Gasteiger charge is 2.15. The highest BCUT2D eigenvalue weighted by atomic mass is 32.1. The van der Waals surface area contributed by atoms with Crippen molar-refractivity contribution >= 4 is 28.6 Å². The minimum atomic E-state index is -0.461. The summed E-state index contributed by atoms with van der Waals surface area (Å²) in [4.78, 5) is 16.6. The van der Waals surface area contributed by atoms with Gasteiger partial charge in [-0.05, 0) is 40.2 Å². The zero-order chi connectivity index (χ0) is 14.5. The van der Waals surface area contributed by atoms with Gasteiger partial charge in [0.1, 0.15) is 5.60 Å². The van der Waals surface area contributed by atoms with Crippen molar-refractivity contribution in [1.82, 2.24) is 10.3 Å². The summed E-state index contributed by atoms with van der Waals surface area (Å²) in [7, 11) is 0. The number of nitrogen functional groups attached to an aromatic ring is 1. The number of hydrogen-bond donors (Lipinski definition) is 2. The van der Waals surface area contributed by atoms with Gasteiger partial charge in [0, 0.05) is 6.54 Å². The maximum absolute atomic E-state index is 11.4. The average Bonchev–Trinajstić information content (AvgIpc) is 2.54. The van der Waals surface area contributed by atoms with E-state index in [0.29, 0.717) is 11.7 Å². The molecule has 1 amide bonds. The van der Waals surface area contributed by atoms with Crippen LogP contribution in [0.25, 0.3) is 6.08 Å². The van der Waals surface area contributed by atoms with E-state index in [1.165, 1.54) is 11.3 Å². The first kappa shape index (κ1) is 15.5. The van der Waals surface area contributed by atoms with E-state index in [-0.39, 0.29) is 6.09 Å². The number of amides is 1. The zero-order valence-corrected chi connectivity index (χ0v) is 12.6. The summed E-state index contributed by atoms with van der Waals surface area (Å²) < 4.78 is 5.13. The molecule has 5 nitrogen and oxygen atoms in total. The summed E-state index contributed by atoms with van der Waals surface area (Å²) in [5.41, 5.74) is 6.08. The summed E-state index contributed by atoms with van der Waals surface area (Å²) in [6, 6.07) is 0. The molecule has 3 N–H and O–H groups in total. The number of nitrogens with one attached hydrogen (secondary N) is 1. The fraction of sp³-hybridized carbons (Fsp3) is 0.538. The number of nitrogens with zero attached hydrogens (tertiary/aromatic N) is 1. The monoisotopic (exact) mass is 283 g/mol. The minimum Gasteiger partial charge on any atom is -0.444 e. The van der Waals surface area contributed by atoms with Crippen LogP contribution in [0.1, 0.15) is 37.8 Å². The van der Waals surface area contributed by atoms with Crippen molar-refractivity contribution < 1.29 is 9.53 Å². The van der Waals surface area contributed by atoms with Crippen LogP contribution in [0.5, 0.6) is 0 Å². The molecule has 1 rings (SSSR count). The first-order chi connectivity index (χ1) is 8.78. The van der Waals surface area contributed by atoms with E-state index in [2.05, 4.69) is 10.3 Å². The van der Waals surface area contributed by atoms with Crippen molar-refractivity contribution in [3.05, 3.63) is 16.6 Å². The van der Waals surface area contributed by atoms with Gasteiger partial charge in [-0.2, -0.15) is 0 Å². The summed E-state index contributed by atoms with van der Waals surface area (Å²) in [5, 5.41) is 3.27. The van der Waals surface area contributed by atoms with Crippen LogP contribution in [0, 0.1) is 6.92 Å². The average molecular weight is 283 g/mol. The lowest BCUT2D eigenvalue weighted by Gasteiger charge is -2.19. The normalized spacial score (nSPS) is 11.8. The molecule has 106 valence electrons. The van der Waals surface area contributed by atoms with E-state index >= 15 is 0 Å². The molecule has 1 aromatic heterocycles. The van der Waals surface area contributed by atoms with Crippen LogP contribution in [0.3, 0.4) is 0 Å². The van der Waals surface area contributed by atoms with E-state index < -0.39 is 5.60 Å². The second-order valence-corrected chi connectivity index (χ2v) is 6.18. The van der Waals surface area contributed by atoms with Crippen molar-refractivity contribution in [2.45, 2.75) is 39.7 Å². The summed E-state index contributed by atoms with van der Waals surface area (Å²) >= 11 is 1.45. The third-order valence-electron chi connectivity index (χ3n) is 2.10. The molecule has 0 aliphatic carbocycles. The van der Waals surface area contributed by atoms with Crippen LogP contribution in [-0.2, 0) is 4.74 Å². The number of thiazole rings is 1. The van der Waals surface area contributed by atoms with Crippen LogP contribution >= 0.6 is 11.3 Å². The maximum atomic E-state index is 11.4. The molecule has 0 aromatic carbocycles. The van der Waals surface area contributed by atoms with Gasteiger partial charge >= 0.3 is 6.09 Å². The largest absolute Gasteiger partial charge is 0.444 e. The third-order valence-corrected chi connectivity index (χ3v) is 3.05. The summed E-state index contributed by atoms with van der Waals surface area (Å²) in [6.45, 7) is 7.97. The van der Waals surface area contributed by atoms with E-state index in [4.69, 9.17) is 10.5 Å². The topological polar surface area (TPSA) is 77.2 Å². The Balaban J connectivity index is 2.28. The van der Waals surface area contributed by atoms with Gasteiger partial charge in [-0.25, -0.2) is 9.78 Å². The lowest BCUT2D eigenvalue weighted by atomic mass is 10.2. The Kier molecular flexibility index (Phi) is 5.35. The van der Waals surface area contributed by atoms with Crippen molar-refractivity contribution in [2.24, 2.45) is 0 Å². The standard InChI is InChI=1S/C13H21N3O2S/c1-9-10(19-11(14)16-9)7-5-6-8-15-12(17)18-13(2,3)4/h5,7H,6,8H2,1-4H3,(H2,14,16)(H,15,17). The SMILES string of the molecule is Cc1nc(N)sc1C=CCCNC(=O)OC(C)(C)C. The molecule has 1 aromatic rings. The quantitative estimate of drug-likeness (QED) is 0.833. The number of ether oxygens (including phenoxy) is 1. The molecule has 0 fully saturated rings. The van der Waals surface area contributed by atoms with Gasteiger partial charge in [-0.15, -0.1) is 0 Å². The molecule has 0 spiro atoms. The van der Waals surface area contributed by atoms with Crippen molar-refractivity contribution in [1.29, 1.82) is 0 Å². The summed E-state index contributed by atoms with van der Waals surface area (Å²) in [5.74, 6) is 0.